The molecule has 2 aromatic rings. The second-order valence-corrected chi connectivity index (χ2v) is 9.15. The van der Waals surface area contributed by atoms with Crippen molar-refractivity contribution in [2.24, 2.45) is 5.92 Å². The molecule has 0 spiro atoms. The molecule has 5 heteroatoms. The van der Waals surface area contributed by atoms with E-state index < -0.39 is 0 Å². The van der Waals surface area contributed by atoms with Gasteiger partial charge >= 0.3 is 0 Å². The Bertz CT molecular complexity index is 897. The maximum atomic E-state index is 12.8. The van der Waals surface area contributed by atoms with Crippen LogP contribution in [0.3, 0.4) is 0 Å². The van der Waals surface area contributed by atoms with Crippen molar-refractivity contribution in [2.45, 2.75) is 52.4 Å². The van der Waals surface area contributed by atoms with Gasteiger partial charge in [-0.3, -0.25) is 9.59 Å². The van der Waals surface area contributed by atoms with E-state index >= 15 is 0 Å². The number of carbonyl (C=O) groups excluding carboxylic acids is 2. The Morgan fingerprint density at radius 2 is 1.77 bits per heavy atom. The Morgan fingerprint density at radius 3 is 2.42 bits per heavy atom. The van der Waals surface area contributed by atoms with Gasteiger partial charge in [-0.15, -0.1) is 0 Å². The monoisotopic (exact) mass is 422 g/mol. The number of nitrogens with one attached hydrogen (secondary N) is 1. The molecule has 0 aromatic heterocycles. The van der Waals surface area contributed by atoms with E-state index in [4.69, 9.17) is 4.74 Å². The van der Waals surface area contributed by atoms with E-state index in [2.05, 4.69) is 33.0 Å². The average molecular weight is 423 g/mol. The molecule has 0 atom stereocenters. The average Bonchev–Trinajstić information content (AvgIpc) is 2.78. The summed E-state index contributed by atoms with van der Waals surface area (Å²) >= 11 is 0. The molecule has 2 aromatic carbocycles. The fraction of sp³-hybridized carbons (Fsp3) is 0.462. The fourth-order valence-electron chi connectivity index (χ4n) is 3.68. The van der Waals surface area contributed by atoms with Crippen LogP contribution in [-0.4, -0.2) is 36.4 Å². The molecular formula is C26H34N2O3. The fourth-order valence-corrected chi connectivity index (χ4v) is 3.68. The zero-order valence-electron chi connectivity index (χ0n) is 19.1. The topological polar surface area (TPSA) is 58.6 Å². The number of ether oxygens (including phenoxy) is 1. The van der Waals surface area contributed by atoms with Crippen molar-refractivity contribution < 1.29 is 14.3 Å². The quantitative estimate of drug-likeness (QED) is 0.662. The summed E-state index contributed by atoms with van der Waals surface area (Å²) in [6.07, 6.45) is 3.13. The van der Waals surface area contributed by atoms with Crippen LogP contribution in [0.4, 0.5) is 5.69 Å². The summed E-state index contributed by atoms with van der Waals surface area (Å²) in [5, 5.41) is 2.83. The molecule has 1 N–H and O–H groups in total. The molecule has 0 saturated carbocycles. The molecule has 166 valence electrons. The van der Waals surface area contributed by atoms with Crippen LogP contribution in [0.1, 0.15) is 62.9 Å². The van der Waals surface area contributed by atoms with Crippen molar-refractivity contribution in [3.63, 3.8) is 0 Å². The maximum absolute atomic E-state index is 12.8. The molecular weight excluding hydrogens is 388 g/mol. The number of benzene rings is 2. The Labute approximate surface area is 185 Å². The first kappa shape index (κ1) is 22.9. The summed E-state index contributed by atoms with van der Waals surface area (Å²) in [7, 11) is 0. The Hall–Kier alpha value is -2.82. The number of hydrogen-bond acceptors (Lipinski definition) is 3. The number of piperidine rings is 1. The third-order valence-electron chi connectivity index (χ3n) is 6.35. The number of nitrogens with zero attached hydrogens (tertiary/aromatic N) is 1. The van der Waals surface area contributed by atoms with E-state index in [9.17, 15) is 9.59 Å². The highest BCUT2D eigenvalue weighted by Gasteiger charge is 2.22. The van der Waals surface area contributed by atoms with Gasteiger partial charge in [0.1, 0.15) is 5.75 Å². The lowest BCUT2D eigenvalue weighted by Crippen LogP contribution is -2.37. The van der Waals surface area contributed by atoms with Crippen LogP contribution in [0.15, 0.2) is 48.5 Å². The standard InChI is InChI=1S/C26H34N2O3/c1-5-26(3,4)21-9-11-23(12-10-21)31-18-24(29)27-22-8-6-7-20(17-22)25(30)28-15-13-19(2)14-16-28/h6-12,17,19H,5,13-16,18H2,1-4H3,(H,27,29). The van der Waals surface area contributed by atoms with Crippen LogP contribution in [0.25, 0.3) is 0 Å². The SMILES string of the molecule is CCC(C)(C)c1ccc(OCC(=O)Nc2cccc(C(=O)N3CCC(C)CC3)c2)cc1. The van der Waals surface area contributed by atoms with Gasteiger partial charge in [0.25, 0.3) is 11.8 Å². The second-order valence-electron chi connectivity index (χ2n) is 9.15. The van der Waals surface area contributed by atoms with Gasteiger partial charge in [-0.25, -0.2) is 0 Å². The zero-order chi connectivity index (χ0) is 22.4. The van der Waals surface area contributed by atoms with Crippen LogP contribution < -0.4 is 10.1 Å². The number of hydrogen-bond donors (Lipinski definition) is 1. The van der Waals surface area contributed by atoms with Crippen molar-refractivity contribution in [1.82, 2.24) is 4.90 Å². The van der Waals surface area contributed by atoms with E-state index in [0.29, 0.717) is 22.9 Å². The minimum Gasteiger partial charge on any atom is -0.484 e. The largest absolute Gasteiger partial charge is 0.484 e. The normalized spacial score (nSPS) is 14.9. The molecule has 1 heterocycles. The maximum Gasteiger partial charge on any atom is 0.262 e. The lowest BCUT2D eigenvalue weighted by atomic mass is 9.82. The number of likely N-dealkylation sites (tertiary alicyclic amines) is 1. The zero-order valence-corrected chi connectivity index (χ0v) is 19.1. The summed E-state index contributed by atoms with van der Waals surface area (Å²) in [6, 6.07) is 15.0. The van der Waals surface area contributed by atoms with Crippen molar-refractivity contribution in [2.75, 3.05) is 25.0 Å². The van der Waals surface area contributed by atoms with Crippen LogP contribution >= 0.6 is 0 Å². The van der Waals surface area contributed by atoms with Crippen molar-refractivity contribution in [3.8, 4) is 5.75 Å². The molecule has 0 aliphatic carbocycles. The number of amides is 2. The van der Waals surface area contributed by atoms with Crippen LogP contribution in [-0.2, 0) is 10.2 Å². The van der Waals surface area contributed by atoms with Gasteiger partial charge in [-0.2, -0.15) is 0 Å². The van der Waals surface area contributed by atoms with E-state index in [0.717, 1.165) is 32.4 Å². The van der Waals surface area contributed by atoms with Gasteiger partial charge in [0.05, 0.1) is 0 Å². The molecule has 0 radical (unpaired) electrons. The second kappa shape index (κ2) is 9.99. The molecule has 5 nitrogen and oxygen atoms in total. The summed E-state index contributed by atoms with van der Waals surface area (Å²) in [5.41, 5.74) is 2.56. The molecule has 31 heavy (non-hydrogen) atoms. The molecule has 1 fully saturated rings. The first-order chi connectivity index (χ1) is 14.8. The summed E-state index contributed by atoms with van der Waals surface area (Å²) in [4.78, 5) is 27.0. The van der Waals surface area contributed by atoms with E-state index in [1.807, 2.05) is 29.2 Å². The Morgan fingerprint density at radius 1 is 1.10 bits per heavy atom. The lowest BCUT2D eigenvalue weighted by Gasteiger charge is -2.30. The first-order valence-electron chi connectivity index (χ1n) is 11.2. The van der Waals surface area contributed by atoms with E-state index in [1.165, 1.54) is 5.56 Å². The van der Waals surface area contributed by atoms with Crippen molar-refractivity contribution in [1.29, 1.82) is 0 Å². The van der Waals surface area contributed by atoms with E-state index in [-0.39, 0.29) is 23.8 Å². The van der Waals surface area contributed by atoms with Gasteiger partial charge in [0.15, 0.2) is 6.61 Å². The molecule has 3 rings (SSSR count). The number of rotatable bonds is 7. The van der Waals surface area contributed by atoms with Crippen molar-refractivity contribution >= 4 is 17.5 Å². The molecule has 0 bridgehead atoms. The number of carbonyl (C=O) groups is 2. The minimum absolute atomic E-state index is 0.0225. The van der Waals surface area contributed by atoms with Crippen LogP contribution in [0.5, 0.6) is 5.75 Å². The minimum atomic E-state index is -0.255. The predicted molar refractivity (Wildman–Crippen MR) is 125 cm³/mol. The predicted octanol–water partition coefficient (Wildman–Crippen LogP) is 5.26. The molecule has 0 unspecified atom stereocenters. The highest BCUT2D eigenvalue weighted by atomic mass is 16.5. The molecule has 1 aliphatic heterocycles. The number of anilines is 1. The highest BCUT2D eigenvalue weighted by Crippen LogP contribution is 2.28. The molecule has 1 saturated heterocycles. The summed E-state index contributed by atoms with van der Waals surface area (Å²) in [6.45, 7) is 10.3. The van der Waals surface area contributed by atoms with Crippen molar-refractivity contribution in [3.05, 3.63) is 59.7 Å². The van der Waals surface area contributed by atoms with Crippen LogP contribution in [0.2, 0.25) is 0 Å². The van der Waals surface area contributed by atoms with Gasteiger partial charge in [-0.1, -0.05) is 45.9 Å². The third-order valence-corrected chi connectivity index (χ3v) is 6.35. The van der Waals surface area contributed by atoms with E-state index in [1.54, 1.807) is 24.3 Å². The highest BCUT2D eigenvalue weighted by molar-refractivity contribution is 5.97. The third kappa shape index (κ3) is 6.09. The molecule has 2 amide bonds. The Kier molecular flexibility index (Phi) is 7.37. The van der Waals surface area contributed by atoms with Gasteiger partial charge in [0, 0.05) is 24.3 Å². The smallest absolute Gasteiger partial charge is 0.262 e. The van der Waals surface area contributed by atoms with Gasteiger partial charge in [-0.05, 0) is 66.5 Å². The molecule has 1 aliphatic rings. The van der Waals surface area contributed by atoms with Crippen LogP contribution in [0, 0.1) is 5.92 Å². The Balaban J connectivity index is 1.54. The van der Waals surface area contributed by atoms with Gasteiger partial charge in [0.2, 0.25) is 0 Å². The summed E-state index contributed by atoms with van der Waals surface area (Å²) in [5.74, 6) is 1.10. The lowest BCUT2D eigenvalue weighted by molar-refractivity contribution is -0.118. The van der Waals surface area contributed by atoms with Gasteiger partial charge < -0.3 is 15.0 Å². The summed E-state index contributed by atoms with van der Waals surface area (Å²) < 4.78 is 5.64. The first-order valence-corrected chi connectivity index (χ1v) is 11.2.